The van der Waals surface area contributed by atoms with Crippen molar-refractivity contribution in [2.24, 2.45) is 5.41 Å². The van der Waals surface area contributed by atoms with E-state index < -0.39 is 0 Å². The zero-order chi connectivity index (χ0) is 14.4. The molecule has 0 radical (unpaired) electrons. The van der Waals surface area contributed by atoms with Crippen LogP contribution < -0.4 is 5.43 Å². The molecule has 0 aromatic heterocycles. The minimum Gasteiger partial charge on any atom is -0.301 e. The molecule has 1 fully saturated rings. The first kappa shape index (κ1) is 12.9. The molecule has 1 atom stereocenters. The molecule has 0 saturated heterocycles. The number of hydrogen-bond donors (Lipinski definition) is 1. The lowest BCUT2D eigenvalue weighted by Crippen LogP contribution is -2.37. The SMILES string of the molecule is CC12CCCC1=CC1=C(C=CNN1C1=CC=C(F)CC1)C2. The molecule has 1 unspecified atom stereocenters. The van der Waals surface area contributed by atoms with Gasteiger partial charge in [-0.05, 0) is 67.4 Å². The van der Waals surface area contributed by atoms with Gasteiger partial charge < -0.3 is 5.43 Å². The van der Waals surface area contributed by atoms with Crippen LogP contribution in [0, 0.1) is 5.41 Å². The first-order valence-corrected chi connectivity index (χ1v) is 7.88. The summed E-state index contributed by atoms with van der Waals surface area (Å²) in [6, 6.07) is 0. The van der Waals surface area contributed by atoms with Gasteiger partial charge >= 0.3 is 0 Å². The molecule has 1 N–H and O–H groups in total. The molecule has 0 aromatic rings. The van der Waals surface area contributed by atoms with Crippen molar-refractivity contribution in [1.29, 1.82) is 0 Å². The first-order chi connectivity index (χ1) is 10.2. The van der Waals surface area contributed by atoms with Crippen LogP contribution in [0.15, 0.2) is 58.9 Å². The van der Waals surface area contributed by atoms with Gasteiger partial charge in [0, 0.05) is 18.3 Å². The number of allylic oxidation sites excluding steroid dienone is 8. The summed E-state index contributed by atoms with van der Waals surface area (Å²) < 4.78 is 13.2. The minimum atomic E-state index is -0.0223. The van der Waals surface area contributed by atoms with Gasteiger partial charge in [-0.25, -0.2) is 4.39 Å². The number of halogens is 1. The second-order valence-corrected chi connectivity index (χ2v) is 6.74. The van der Waals surface area contributed by atoms with Gasteiger partial charge in [0.25, 0.3) is 0 Å². The van der Waals surface area contributed by atoms with Crippen molar-refractivity contribution in [2.75, 3.05) is 0 Å². The number of hydrazine groups is 1. The van der Waals surface area contributed by atoms with Gasteiger partial charge in [0.2, 0.25) is 0 Å². The molecule has 0 spiro atoms. The molecule has 4 aliphatic rings. The van der Waals surface area contributed by atoms with E-state index in [1.54, 1.807) is 11.6 Å². The van der Waals surface area contributed by atoms with E-state index in [0.717, 1.165) is 18.5 Å². The molecule has 2 nitrogen and oxygen atoms in total. The Morgan fingerprint density at radius 3 is 2.95 bits per heavy atom. The molecule has 0 aromatic carbocycles. The number of nitrogens with zero attached hydrogens (tertiary/aromatic N) is 1. The number of hydrogen-bond acceptors (Lipinski definition) is 2. The molecule has 1 aliphatic heterocycles. The van der Waals surface area contributed by atoms with E-state index in [1.165, 1.54) is 30.5 Å². The summed E-state index contributed by atoms with van der Waals surface area (Å²) in [7, 11) is 0. The van der Waals surface area contributed by atoms with Crippen molar-refractivity contribution in [1.82, 2.24) is 10.4 Å². The van der Waals surface area contributed by atoms with Crippen LogP contribution in [0.3, 0.4) is 0 Å². The lowest BCUT2D eigenvalue weighted by Gasteiger charge is -2.39. The molecule has 21 heavy (non-hydrogen) atoms. The third-order valence-corrected chi connectivity index (χ3v) is 5.26. The third kappa shape index (κ3) is 2.06. The third-order valence-electron chi connectivity index (χ3n) is 5.26. The molecule has 3 aliphatic carbocycles. The van der Waals surface area contributed by atoms with Crippen molar-refractivity contribution in [3.05, 3.63) is 58.9 Å². The molecule has 4 rings (SSSR count). The van der Waals surface area contributed by atoms with Gasteiger partial charge in [0.15, 0.2) is 0 Å². The van der Waals surface area contributed by atoms with Crippen LogP contribution in [0.25, 0.3) is 0 Å². The van der Waals surface area contributed by atoms with Crippen LogP contribution in [0.2, 0.25) is 0 Å². The van der Waals surface area contributed by atoms with E-state index in [1.807, 2.05) is 12.3 Å². The van der Waals surface area contributed by atoms with Gasteiger partial charge in [-0.2, -0.15) is 0 Å². The molecular weight excluding hydrogens is 263 g/mol. The summed E-state index contributed by atoms with van der Waals surface area (Å²) in [5.41, 5.74) is 9.07. The van der Waals surface area contributed by atoms with Crippen molar-refractivity contribution < 1.29 is 4.39 Å². The zero-order valence-corrected chi connectivity index (χ0v) is 12.5. The summed E-state index contributed by atoms with van der Waals surface area (Å²) in [5, 5.41) is 2.14. The lowest BCUT2D eigenvalue weighted by atomic mass is 9.74. The molecule has 1 saturated carbocycles. The van der Waals surface area contributed by atoms with Crippen LogP contribution in [0.4, 0.5) is 4.39 Å². The van der Waals surface area contributed by atoms with E-state index in [-0.39, 0.29) is 5.83 Å². The van der Waals surface area contributed by atoms with E-state index >= 15 is 0 Å². The van der Waals surface area contributed by atoms with Crippen molar-refractivity contribution >= 4 is 0 Å². The minimum absolute atomic E-state index is 0.0223. The highest BCUT2D eigenvalue weighted by Gasteiger charge is 2.39. The second kappa shape index (κ2) is 4.62. The van der Waals surface area contributed by atoms with Crippen LogP contribution in [0.1, 0.15) is 45.4 Å². The fourth-order valence-electron chi connectivity index (χ4n) is 4.01. The highest BCUT2D eigenvalue weighted by atomic mass is 19.1. The van der Waals surface area contributed by atoms with Gasteiger partial charge in [0.1, 0.15) is 5.83 Å². The van der Waals surface area contributed by atoms with Crippen LogP contribution in [0.5, 0.6) is 0 Å². The van der Waals surface area contributed by atoms with Gasteiger partial charge in [-0.15, -0.1) is 0 Å². The quantitative estimate of drug-likeness (QED) is 0.755. The predicted molar refractivity (Wildman–Crippen MR) is 82.3 cm³/mol. The summed E-state index contributed by atoms with van der Waals surface area (Å²) in [4.78, 5) is 0. The standard InChI is InChI=1S/C18H21FN2/c1-18-9-2-3-14(18)11-17-13(12-18)8-10-20-21(17)16-6-4-15(19)5-7-16/h4,6,8,10-11,20H,2-3,5,7,9,12H2,1H3. The summed E-state index contributed by atoms with van der Waals surface area (Å²) in [6.07, 6.45) is 16.3. The second-order valence-electron chi connectivity index (χ2n) is 6.74. The van der Waals surface area contributed by atoms with Gasteiger partial charge in [-0.3, -0.25) is 5.01 Å². The number of nitrogens with one attached hydrogen (secondary N) is 1. The Morgan fingerprint density at radius 1 is 1.24 bits per heavy atom. The highest BCUT2D eigenvalue weighted by Crippen LogP contribution is 2.51. The van der Waals surface area contributed by atoms with E-state index in [2.05, 4.69) is 29.5 Å². The Hall–Kier alpha value is -1.77. The van der Waals surface area contributed by atoms with Crippen LogP contribution in [-0.4, -0.2) is 5.01 Å². The molecule has 3 heteroatoms. The first-order valence-electron chi connectivity index (χ1n) is 7.88. The van der Waals surface area contributed by atoms with E-state index in [9.17, 15) is 4.39 Å². The number of fused-ring (bicyclic) bond motifs is 1. The Morgan fingerprint density at radius 2 is 2.14 bits per heavy atom. The van der Waals surface area contributed by atoms with Crippen molar-refractivity contribution in [2.45, 2.75) is 45.4 Å². The summed E-state index contributed by atoms with van der Waals surface area (Å²) >= 11 is 0. The van der Waals surface area contributed by atoms with Gasteiger partial charge in [-0.1, -0.05) is 12.5 Å². The van der Waals surface area contributed by atoms with Crippen molar-refractivity contribution in [3.63, 3.8) is 0 Å². The Balaban J connectivity index is 1.71. The average Bonchev–Trinajstić information content (AvgIpc) is 2.85. The highest BCUT2D eigenvalue weighted by molar-refractivity contribution is 5.46. The fourth-order valence-corrected chi connectivity index (χ4v) is 4.01. The summed E-state index contributed by atoms with van der Waals surface area (Å²) in [5.74, 6) is -0.0223. The number of rotatable bonds is 1. The van der Waals surface area contributed by atoms with E-state index in [4.69, 9.17) is 0 Å². The van der Waals surface area contributed by atoms with Crippen LogP contribution >= 0.6 is 0 Å². The topological polar surface area (TPSA) is 15.3 Å². The average molecular weight is 284 g/mol. The maximum atomic E-state index is 13.2. The normalized spacial score (nSPS) is 31.1. The Bertz CT molecular complexity index is 636. The molecular formula is C18H21FN2. The monoisotopic (exact) mass is 284 g/mol. The zero-order valence-electron chi connectivity index (χ0n) is 12.5. The Kier molecular flexibility index (Phi) is 2.84. The van der Waals surface area contributed by atoms with Crippen LogP contribution in [-0.2, 0) is 0 Å². The van der Waals surface area contributed by atoms with E-state index in [0.29, 0.717) is 11.8 Å². The smallest absolute Gasteiger partial charge is 0.100 e. The largest absolute Gasteiger partial charge is 0.301 e. The lowest BCUT2D eigenvalue weighted by molar-refractivity contribution is 0.323. The molecule has 110 valence electrons. The maximum Gasteiger partial charge on any atom is 0.100 e. The fraction of sp³-hybridized carbons (Fsp3) is 0.444. The summed E-state index contributed by atoms with van der Waals surface area (Å²) in [6.45, 7) is 2.40. The molecule has 0 bridgehead atoms. The van der Waals surface area contributed by atoms with Crippen molar-refractivity contribution in [3.8, 4) is 0 Å². The maximum absolute atomic E-state index is 13.2. The molecule has 1 heterocycles. The molecule has 0 amide bonds. The Labute approximate surface area is 125 Å². The van der Waals surface area contributed by atoms with Gasteiger partial charge in [0.05, 0.1) is 5.70 Å². The predicted octanol–water partition coefficient (Wildman–Crippen LogP) is 4.63.